The summed E-state index contributed by atoms with van der Waals surface area (Å²) in [7, 11) is 3.16. The van der Waals surface area contributed by atoms with Crippen LogP contribution in [0.25, 0.3) is 0 Å². The highest BCUT2D eigenvalue weighted by molar-refractivity contribution is 5.95. The van der Waals surface area contributed by atoms with Gasteiger partial charge in [0.2, 0.25) is 0 Å². The van der Waals surface area contributed by atoms with E-state index in [0.29, 0.717) is 13.2 Å². The molecule has 0 aliphatic heterocycles. The lowest BCUT2D eigenvalue weighted by Gasteiger charge is -2.22. The molecule has 1 N–H and O–H groups in total. The number of nitrogens with zero attached hydrogens (tertiary/aromatic N) is 2. The number of hydrogen-bond donors (Lipinski definition) is 1. The number of amides is 1. The molecular formula is C13H18FN3O2. The van der Waals surface area contributed by atoms with Crippen LogP contribution in [-0.2, 0) is 4.74 Å². The number of aromatic nitrogens is 1. The molecule has 0 atom stereocenters. The van der Waals surface area contributed by atoms with Crippen molar-refractivity contribution in [3.8, 4) is 0 Å². The standard InChI is InChI=1S/C13H18FN3O2/c1-15-12-11(14)10(5-6-16-12)13(18)17(7-8-19-2)9-3-4-9/h5-6,9H,3-4,7-8H2,1-2H3,(H,15,16). The molecule has 2 rings (SSSR count). The zero-order valence-electron chi connectivity index (χ0n) is 11.1. The Hall–Kier alpha value is -1.69. The molecule has 1 aromatic rings. The third-order valence-corrected chi connectivity index (χ3v) is 3.14. The van der Waals surface area contributed by atoms with E-state index in [1.165, 1.54) is 12.3 Å². The fourth-order valence-electron chi connectivity index (χ4n) is 1.96. The lowest BCUT2D eigenvalue weighted by Crippen LogP contribution is -2.36. The number of ether oxygens (including phenoxy) is 1. The lowest BCUT2D eigenvalue weighted by molar-refractivity contribution is 0.0675. The van der Waals surface area contributed by atoms with Crippen LogP contribution in [0.2, 0.25) is 0 Å². The number of carbonyl (C=O) groups is 1. The van der Waals surface area contributed by atoms with Gasteiger partial charge in [0, 0.05) is 32.9 Å². The van der Waals surface area contributed by atoms with Crippen molar-refractivity contribution in [1.29, 1.82) is 0 Å². The maximum absolute atomic E-state index is 14.1. The van der Waals surface area contributed by atoms with E-state index in [2.05, 4.69) is 10.3 Å². The average molecular weight is 267 g/mol. The SMILES string of the molecule is CNc1nccc(C(=O)N(CCOC)C2CC2)c1F. The van der Waals surface area contributed by atoms with Crippen LogP contribution in [-0.4, -0.2) is 49.1 Å². The van der Waals surface area contributed by atoms with Crippen molar-refractivity contribution in [1.82, 2.24) is 9.88 Å². The summed E-state index contributed by atoms with van der Waals surface area (Å²) < 4.78 is 19.1. The minimum Gasteiger partial charge on any atom is -0.383 e. The van der Waals surface area contributed by atoms with E-state index in [1.807, 2.05) is 0 Å². The molecule has 5 nitrogen and oxygen atoms in total. The Labute approximate surface area is 111 Å². The summed E-state index contributed by atoms with van der Waals surface area (Å²) in [6.07, 6.45) is 3.38. The van der Waals surface area contributed by atoms with Gasteiger partial charge in [0.1, 0.15) is 0 Å². The van der Waals surface area contributed by atoms with Gasteiger partial charge in [0.05, 0.1) is 12.2 Å². The van der Waals surface area contributed by atoms with Crippen molar-refractivity contribution in [2.75, 3.05) is 32.6 Å². The number of carbonyl (C=O) groups excluding carboxylic acids is 1. The van der Waals surface area contributed by atoms with Crippen LogP contribution >= 0.6 is 0 Å². The maximum Gasteiger partial charge on any atom is 0.257 e. The molecule has 0 aromatic carbocycles. The van der Waals surface area contributed by atoms with E-state index in [-0.39, 0.29) is 23.3 Å². The number of pyridine rings is 1. The van der Waals surface area contributed by atoms with E-state index in [4.69, 9.17) is 4.74 Å². The van der Waals surface area contributed by atoms with Gasteiger partial charge in [-0.3, -0.25) is 4.79 Å². The zero-order chi connectivity index (χ0) is 13.8. The second kappa shape index (κ2) is 5.97. The number of hydrogen-bond acceptors (Lipinski definition) is 4. The van der Waals surface area contributed by atoms with Gasteiger partial charge in [0.15, 0.2) is 11.6 Å². The second-order valence-electron chi connectivity index (χ2n) is 4.49. The smallest absolute Gasteiger partial charge is 0.257 e. The van der Waals surface area contributed by atoms with Crippen molar-refractivity contribution in [2.24, 2.45) is 0 Å². The van der Waals surface area contributed by atoms with Crippen molar-refractivity contribution >= 4 is 11.7 Å². The van der Waals surface area contributed by atoms with Gasteiger partial charge in [-0.05, 0) is 18.9 Å². The summed E-state index contributed by atoms with van der Waals surface area (Å²) in [6, 6.07) is 1.63. The Kier molecular flexibility index (Phi) is 4.31. The fraction of sp³-hybridized carbons (Fsp3) is 0.538. The number of nitrogens with one attached hydrogen (secondary N) is 1. The summed E-state index contributed by atoms with van der Waals surface area (Å²) in [4.78, 5) is 17.9. The molecule has 1 aliphatic rings. The number of methoxy groups -OCH3 is 1. The Morgan fingerprint density at radius 2 is 2.37 bits per heavy atom. The Morgan fingerprint density at radius 1 is 1.63 bits per heavy atom. The first kappa shape index (κ1) is 13.7. The van der Waals surface area contributed by atoms with Gasteiger partial charge in [-0.1, -0.05) is 0 Å². The summed E-state index contributed by atoms with van der Waals surface area (Å²) in [5, 5.41) is 2.64. The fourth-order valence-corrected chi connectivity index (χ4v) is 1.96. The molecule has 0 radical (unpaired) electrons. The van der Waals surface area contributed by atoms with Crippen LogP contribution in [0.4, 0.5) is 10.2 Å². The minimum atomic E-state index is -0.599. The van der Waals surface area contributed by atoms with Crippen LogP contribution < -0.4 is 5.32 Å². The van der Waals surface area contributed by atoms with E-state index in [9.17, 15) is 9.18 Å². The molecule has 0 saturated heterocycles. The first-order valence-corrected chi connectivity index (χ1v) is 6.31. The highest BCUT2D eigenvalue weighted by Gasteiger charge is 2.34. The molecule has 0 spiro atoms. The quantitative estimate of drug-likeness (QED) is 0.849. The van der Waals surface area contributed by atoms with Crippen LogP contribution in [0.15, 0.2) is 12.3 Å². The predicted molar refractivity (Wildman–Crippen MR) is 69.7 cm³/mol. The zero-order valence-corrected chi connectivity index (χ0v) is 11.1. The van der Waals surface area contributed by atoms with Crippen molar-refractivity contribution in [3.05, 3.63) is 23.6 Å². The number of anilines is 1. The third kappa shape index (κ3) is 3.01. The molecule has 1 aliphatic carbocycles. The van der Waals surface area contributed by atoms with Gasteiger partial charge in [0.25, 0.3) is 5.91 Å². The highest BCUT2D eigenvalue weighted by Crippen LogP contribution is 2.29. The molecule has 104 valence electrons. The molecule has 0 bridgehead atoms. The van der Waals surface area contributed by atoms with Crippen LogP contribution in [0.3, 0.4) is 0 Å². The van der Waals surface area contributed by atoms with Crippen molar-refractivity contribution in [3.63, 3.8) is 0 Å². The van der Waals surface area contributed by atoms with E-state index >= 15 is 0 Å². The first-order chi connectivity index (χ1) is 9.19. The van der Waals surface area contributed by atoms with E-state index in [1.54, 1.807) is 19.1 Å². The molecule has 6 heteroatoms. The highest BCUT2D eigenvalue weighted by atomic mass is 19.1. The van der Waals surface area contributed by atoms with E-state index in [0.717, 1.165) is 12.8 Å². The summed E-state index contributed by atoms with van der Waals surface area (Å²) in [5.74, 6) is -0.803. The average Bonchev–Trinajstić information content (AvgIpc) is 3.24. The third-order valence-electron chi connectivity index (χ3n) is 3.14. The van der Waals surface area contributed by atoms with Crippen molar-refractivity contribution in [2.45, 2.75) is 18.9 Å². The molecular weight excluding hydrogens is 249 g/mol. The van der Waals surface area contributed by atoms with Crippen molar-refractivity contribution < 1.29 is 13.9 Å². The molecule has 1 aromatic heterocycles. The number of halogens is 1. The predicted octanol–water partition coefficient (Wildman–Crippen LogP) is 1.51. The van der Waals surface area contributed by atoms with Crippen LogP contribution in [0.5, 0.6) is 0 Å². The molecule has 1 amide bonds. The summed E-state index contributed by atoms with van der Waals surface area (Å²) in [5.41, 5.74) is 0.0577. The molecule has 1 saturated carbocycles. The molecule has 19 heavy (non-hydrogen) atoms. The molecule has 1 fully saturated rings. The summed E-state index contributed by atoms with van der Waals surface area (Å²) >= 11 is 0. The Morgan fingerprint density at radius 3 is 2.95 bits per heavy atom. The normalized spacial score (nSPS) is 14.3. The topological polar surface area (TPSA) is 54.5 Å². The Balaban J connectivity index is 2.21. The van der Waals surface area contributed by atoms with Crippen LogP contribution in [0.1, 0.15) is 23.2 Å². The summed E-state index contributed by atoms with van der Waals surface area (Å²) in [6.45, 7) is 0.935. The number of rotatable bonds is 6. The van der Waals surface area contributed by atoms with Gasteiger partial charge >= 0.3 is 0 Å². The van der Waals surface area contributed by atoms with Gasteiger partial charge < -0.3 is 15.0 Å². The maximum atomic E-state index is 14.1. The largest absolute Gasteiger partial charge is 0.383 e. The first-order valence-electron chi connectivity index (χ1n) is 6.31. The molecule has 1 heterocycles. The Bertz CT molecular complexity index is 463. The van der Waals surface area contributed by atoms with Gasteiger partial charge in [-0.2, -0.15) is 0 Å². The van der Waals surface area contributed by atoms with Gasteiger partial charge in [-0.15, -0.1) is 0 Å². The second-order valence-corrected chi connectivity index (χ2v) is 4.49. The van der Waals surface area contributed by atoms with E-state index < -0.39 is 5.82 Å². The molecule has 0 unspecified atom stereocenters. The van der Waals surface area contributed by atoms with Gasteiger partial charge in [-0.25, -0.2) is 9.37 Å². The minimum absolute atomic E-state index is 0.0577. The lowest BCUT2D eigenvalue weighted by atomic mass is 10.2. The van der Waals surface area contributed by atoms with Crippen LogP contribution in [0, 0.1) is 5.82 Å². The monoisotopic (exact) mass is 267 g/mol.